The molecule has 1 heterocycles. The molecule has 88 valence electrons. The summed E-state index contributed by atoms with van der Waals surface area (Å²) in [4.78, 5) is 23.3. The van der Waals surface area contributed by atoms with Gasteiger partial charge in [0.15, 0.2) is 0 Å². The Labute approximate surface area is 97.6 Å². The van der Waals surface area contributed by atoms with Crippen LogP contribution in [0.1, 0.15) is 16.6 Å². The topological polar surface area (TPSA) is 81.4 Å². The van der Waals surface area contributed by atoms with Gasteiger partial charge in [-0.2, -0.15) is 0 Å². The highest BCUT2D eigenvalue weighted by atomic mass is 32.1. The summed E-state index contributed by atoms with van der Waals surface area (Å²) in [7, 11) is 1.30. The SMILES string of the molecule is COC(=O)c1sccc1NC(=O)C(C)CN. The summed E-state index contributed by atoms with van der Waals surface area (Å²) >= 11 is 1.22. The number of esters is 1. The Morgan fingerprint density at radius 3 is 2.88 bits per heavy atom. The standard InChI is InChI=1S/C10H14N2O3S/c1-6(5-11)9(13)12-7-3-4-16-8(7)10(14)15-2/h3-4,6H,5,11H2,1-2H3,(H,12,13). The van der Waals surface area contributed by atoms with Crippen LogP contribution in [0.15, 0.2) is 11.4 Å². The first-order valence-corrected chi connectivity index (χ1v) is 5.64. The summed E-state index contributed by atoms with van der Waals surface area (Å²) in [5.74, 6) is -0.942. The smallest absolute Gasteiger partial charge is 0.350 e. The van der Waals surface area contributed by atoms with Crippen molar-refractivity contribution in [3.05, 3.63) is 16.3 Å². The number of hydrogen-bond acceptors (Lipinski definition) is 5. The summed E-state index contributed by atoms with van der Waals surface area (Å²) < 4.78 is 4.60. The molecule has 1 amide bonds. The highest BCUT2D eigenvalue weighted by Crippen LogP contribution is 2.23. The first-order valence-electron chi connectivity index (χ1n) is 4.76. The molecule has 1 unspecified atom stereocenters. The van der Waals surface area contributed by atoms with Gasteiger partial charge >= 0.3 is 5.97 Å². The number of nitrogens with one attached hydrogen (secondary N) is 1. The lowest BCUT2D eigenvalue weighted by atomic mass is 10.1. The molecule has 0 fully saturated rings. The molecule has 1 aromatic heterocycles. The van der Waals surface area contributed by atoms with E-state index in [2.05, 4.69) is 10.1 Å². The highest BCUT2D eigenvalue weighted by Gasteiger charge is 2.17. The van der Waals surface area contributed by atoms with Crippen molar-refractivity contribution < 1.29 is 14.3 Å². The second-order valence-corrected chi connectivity index (χ2v) is 4.20. The fourth-order valence-corrected chi connectivity index (χ4v) is 1.79. The zero-order valence-corrected chi connectivity index (χ0v) is 9.97. The number of carbonyl (C=O) groups excluding carboxylic acids is 2. The molecule has 0 saturated carbocycles. The third-order valence-corrected chi connectivity index (χ3v) is 2.99. The van der Waals surface area contributed by atoms with E-state index in [0.717, 1.165) is 0 Å². The van der Waals surface area contributed by atoms with E-state index in [1.165, 1.54) is 18.4 Å². The first-order chi connectivity index (χ1) is 7.60. The van der Waals surface area contributed by atoms with Gasteiger partial charge in [-0.3, -0.25) is 4.79 Å². The molecule has 0 bridgehead atoms. The summed E-state index contributed by atoms with van der Waals surface area (Å²) in [6.07, 6.45) is 0. The van der Waals surface area contributed by atoms with Crippen molar-refractivity contribution in [2.45, 2.75) is 6.92 Å². The van der Waals surface area contributed by atoms with Crippen LogP contribution in [0.3, 0.4) is 0 Å². The van der Waals surface area contributed by atoms with Gasteiger partial charge in [0.2, 0.25) is 5.91 Å². The normalized spacial score (nSPS) is 11.9. The number of rotatable bonds is 4. The Kier molecular flexibility index (Phi) is 4.45. The molecule has 0 aliphatic carbocycles. The third-order valence-electron chi connectivity index (χ3n) is 2.10. The van der Waals surface area contributed by atoms with Gasteiger partial charge in [-0.1, -0.05) is 6.92 Å². The fraction of sp³-hybridized carbons (Fsp3) is 0.400. The van der Waals surface area contributed by atoms with Gasteiger partial charge in [-0.25, -0.2) is 4.79 Å². The molecule has 0 aliphatic rings. The molecule has 1 aromatic rings. The molecule has 6 heteroatoms. The van der Waals surface area contributed by atoms with Gasteiger partial charge in [0.05, 0.1) is 12.8 Å². The van der Waals surface area contributed by atoms with Crippen LogP contribution in [-0.4, -0.2) is 25.5 Å². The number of nitrogens with two attached hydrogens (primary N) is 1. The minimum absolute atomic E-state index is 0.203. The molecule has 0 aliphatic heterocycles. The number of amides is 1. The van der Waals surface area contributed by atoms with E-state index in [-0.39, 0.29) is 18.4 Å². The number of hydrogen-bond donors (Lipinski definition) is 2. The van der Waals surface area contributed by atoms with Crippen LogP contribution in [0.2, 0.25) is 0 Å². The number of carbonyl (C=O) groups is 2. The average Bonchev–Trinajstić information content (AvgIpc) is 2.74. The maximum Gasteiger partial charge on any atom is 0.350 e. The van der Waals surface area contributed by atoms with E-state index in [1.54, 1.807) is 18.4 Å². The Balaban J connectivity index is 2.78. The van der Waals surface area contributed by atoms with Crippen LogP contribution in [0.25, 0.3) is 0 Å². The summed E-state index contributed by atoms with van der Waals surface area (Å²) in [6.45, 7) is 1.99. The van der Waals surface area contributed by atoms with Gasteiger partial charge in [0.25, 0.3) is 0 Å². The molecule has 1 atom stereocenters. The quantitative estimate of drug-likeness (QED) is 0.774. The molecule has 0 spiro atoms. The van der Waals surface area contributed by atoms with Crippen LogP contribution in [0, 0.1) is 5.92 Å². The van der Waals surface area contributed by atoms with Crippen molar-refractivity contribution in [1.82, 2.24) is 0 Å². The van der Waals surface area contributed by atoms with E-state index < -0.39 is 5.97 Å². The predicted molar refractivity (Wildman–Crippen MR) is 62.5 cm³/mol. The maximum absolute atomic E-state index is 11.6. The molecular weight excluding hydrogens is 228 g/mol. The van der Waals surface area contributed by atoms with Gasteiger partial charge in [0.1, 0.15) is 4.88 Å². The van der Waals surface area contributed by atoms with Crippen LogP contribution in [0.4, 0.5) is 5.69 Å². The van der Waals surface area contributed by atoms with E-state index in [9.17, 15) is 9.59 Å². The summed E-state index contributed by atoms with van der Waals surface area (Å²) in [5.41, 5.74) is 5.85. The van der Waals surface area contributed by atoms with Crippen LogP contribution in [0.5, 0.6) is 0 Å². The van der Waals surface area contributed by atoms with Crippen molar-refractivity contribution in [1.29, 1.82) is 0 Å². The number of methoxy groups -OCH3 is 1. The Hall–Kier alpha value is -1.40. The second-order valence-electron chi connectivity index (χ2n) is 3.28. The van der Waals surface area contributed by atoms with Crippen molar-refractivity contribution >= 4 is 28.9 Å². The van der Waals surface area contributed by atoms with E-state index in [4.69, 9.17) is 5.73 Å². The molecule has 0 aromatic carbocycles. The predicted octanol–water partition coefficient (Wildman–Crippen LogP) is 1.07. The molecule has 16 heavy (non-hydrogen) atoms. The number of ether oxygens (including phenoxy) is 1. The third kappa shape index (κ3) is 2.80. The van der Waals surface area contributed by atoms with Crippen LogP contribution >= 0.6 is 11.3 Å². The van der Waals surface area contributed by atoms with Gasteiger partial charge < -0.3 is 15.8 Å². The van der Waals surface area contributed by atoms with Crippen molar-refractivity contribution in [3.63, 3.8) is 0 Å². The fourth-order valence-electron chi connectivity index (χ4n) is 1.02. The number of thiophene rings is 1. The minimum atomic E-state index is -0.453. The monoisotopic (exact) mass is 242 g/mol. The minimum Gasteiger partial charge on any atom is -0.465 e. The average molecular weight is 242 g/mol. The first kappa shape index (κ1) is 12.7. The van der Waals surface area contributed by atoms with Crippen molar-refractivity contribution in [3.8, 4) is 0 Å². The van der Waals surface area contributed by atoms with Gasteiger partial charge in [-0.15, -0.1) is 11.3 Å². The maximum atomic E-state index is 11.6. The molecular formula is C10H14N2O3S. The Bertz CT molecular complexity index is 389. The Morgan fingerprint density at radius 1 is 1.62 bits per heavy atom. The summed E-state index contributed by atoms with van der Waals surface area (Å²) in [6, 6.07) is 1.66. The Morgan fingerprint density at radius 2 is 2.31 bits per heavy atom. The molecule has 0 radical (unpaired) electrons. The molecule has 5 nitrogen and oxygen atoms in total. The van der Waals surface area contributed by atoms with Crippen LogP contribution < -0.4 is 11.1 Å². The van der Waals surface area contributed by atoms with Crippen molar-refractivity contribution in [2.75, 3.05) is 19.0 Å². The summed E-state index contributed by atoms with van der Waals surface area (Å²) in [5, 5.41) is 4.36. The lowest BCUT2D eigenvalue weighted by Crippen LogP contribution is -2.27. The zero-order chi connectivity index (χ0) is 12.1. The largest absolute Gasteiger partial charge is 0.465 e. The molecule has 0 saturated heterocycles. The van der Waals surface area contributed by atoms with Crippen LogP contribution in [-0.2, 0) is 9.53 Å². The van der Waals surface area contributed by atoms with Gasteiger partial charge in [-0.05, 0) is 11.4 Å². The second kappa shape index (κ2) is 5.62. The molecule has 1 rings (SSSR count). The zero-order valence-electron chi connectivity index (χ0n) is 9.15. The van der Waals surface area contributed by atoms with Gasteiger partial charge in [0, 0.05) is 12.5 Å². The lowest BCUT2D eigenvalue weighted by Gasteiger charge is -2.09. The van der Waals surface area contributed by atoms with Crippen molar-refractivity contribution in [2.24, 2.45) is 11.7 Å². The van der Waals surface area contributed by atoms with E-state index in [0.29, 0.717) is 10.6 Å². The highest BCUT2D eigenvalue weighted by molar-refractivity contribution is 7.12. The van der Waals surface area contributed by atoms with E-state index >= 15 is 0 Å². The van der Waals surface area contributed by atoms with E-state index in [1.807, 2.05) is 0 Å². The number of anilines is 1. The molecule has 3 N–H and O–H groups in total. The lowest BCUT2D eigenvalue weighted by molar-refractivity contribution is -0.119.